The highest BCUT2D eigenvalue weighted by Crippen LogP contribution is 1.86. The van der Waals surface area contributed by atoms with Crippen molar-refractivity contribution in [3.63, 3.8) is 0 Å². The fraction of sp³-hybridized carbons (Fsp3) is 0.833. The lowest BCUT2D eigenvalue weighted by molar-refractivity contribution is -0.150. The summed E-state index contributed by atoms with van der Waals surface area (Å²) in [7, 11) is 0. The van der Waals surface area contributed by atoms with Gasteiger partial charge in [-0.25, -0.2) is 0 Å². The Morgan fingerprint density at radius 3 is 2.67 bits per heavy atom. The Labute approximate surface area is 56.2 Å². The van der Waals surface area contributed by atoms with E-state index in [2.05, 4.69) is 6.92 Å². The number of hydrogen-bond donors (Lipinski definition) is 1. The number of hydroxylamine groups is 2. The Balaban J connectivity index is 3.18. The number of rotatable bonds is 5. The van der Waals surface area contributed by atoms with Gasteiger partial charge in [0.15, 0.2) is 0 Å². The molecule has 3 nitrogen and oxygen atoms in total. The molecule has 0 aromatic rings. The van der Waals surface area contributed by atoms with Gasteiger partial charge < -0.3 is 5.11 Å². The van der Waals surface area contributed by atoms with Crippen molar-refractivity contribution >= 4 is 0 Å². The average Bonchev–Trinajstić information content (AvgIpc) is 1.88. The molecule has 1 radical (unpaired) electrons. The molecule has 0 saturated heterocycles. The molecule has 0 aromatic heterocycles. The summed E-state index contributed by atoms with van der Waals surface area (Å²) >= 11 is 0. The van der Waals surface area contributed by atoms with E-state index in [0.29, 0.717) is 13.2 Å². The molecule has 0 aliphatic heterocycles. The van der Waals surface area contributed by atoms with Crippen molar-refractivity contribution in [1.29, 1.82) is 0 Å². The Kier molecular flexibility index (Phi) is 5.93. The van der Waals surface area contributed by atoms with Gasteiger partial charge in [0.1, 0.15) is 0 Å². The summed E-state index contributed by atoms with van der Waals surface area (Å²) in [6.07, 6.45) is 0. The molecule has 0 amide bonds. The van der Waals surface area contributed by atoms with Gasteiger partial charge in [0, 0.05) is 13.1 Å². The maximum absolute atomic E-state index is 8.45. The number of hydrogen-bond acceptors (Lipinski definition) is 3. The second-order valence-corrected chi connectivity index (χ2v) is 1.58. The normalized spacial score (nSPS) is 10.7. The molecule has 0 heterocycles. The lowest BCUT2D eigenvalue weighted by Crippen LogP contribution is -2.26. The Bertz CT molecular complexity index is 53.0. The molecule has 0 fully saturated rings. The standard InChI is InChI=1S/C6H14NO2/c1-3-7(5-6-8)9-4-2/h8H,2-6H2,1H3. The number of likely N-dealkylation sites (N-methyl/N-ethyl adjacent to an activating group) is 1. The van der Waals surface area contributed by atoms with E-state index in [1.807, 2.05) is 6.92 Å². The second-order valence-electron chi connectivity index (χ2n) is 1.58. The van der Waals surface area contributed by atoms with Gasteiger partial charge in [0.2, 0.25) is 0 Å². The van der Waals surface area contributed by atoms with Crippen LogP contribution in [0.3, 0.4) is 0 Å². The summed E-state index contributed by atoms with van der Waals surface area (Å²) in [6.45, 7) is 7.38. The molecule has 0 atom stereocenters. The van der Waals surface area contributed by atoms with Crippen LogP contribution in [0, 0.1) is 6.92 Å². The Morgan fingerprint density at radius 2 is 2.33 bits per heavy atom. The molecule has 0 bridgehead atoms. The van der Waals surface area contributed by atoms with Crippen molar-refractivity contribution in [3.05, 3.63) is 6.92 Å². The predicted octanol–water partition coefficient (Wildman–Crippen LogP) is 0.0663. The van der Waals surface area contributed by atoms with Crippen LogP contribution in [0.15, 0.2) is 0 Å². The molecular formula is C6H14NO2. The summed E-state index contributed by atoms with van der Waals surface area (Å²) in [5.74, 6) is 0. The third-order valence-corrected chi connectivity index (χ3v) is 0.976. The highest BCUT2D eigenvalue weighted by molar-refractivity contribution is 4.39. The largest absolute Gasteiger partial charge is 0.395 e. The van der Waals surface area contributed by atoms with Crippen molar-refractivity contribution in [2.45, 2.75) is 6.92 Å². The van der Waals surface area contributed by atoms with E-state index in [9.17, 15) is 0 Å². The van der Waals surface area contributed by atoms with E-state index in [-0.39, 0.29) is 6.61 Å². The Morgan fingerprint density at radius 1 is 1.67 bits per heavy atom. The van der Waals surface area contributed by atoms with Crippen molar-refractivity contribution in [1.82, 2.24) is 5.06 Å². The topological polar surface area (TPSA) is 32.7 Å². The molecule has 0 aliphatic rings. The number of aliphatic hydroxyl groups excluding tert-OH is 1. The van der Waals surface area contributed by atoms with E-state index < -0.39 is 0 Å². The highest BCUT2D eigenvalue weighted by atomic mass is 16.7. The van der Waals surface area contributed by atoms with Gasteiger partial charge in [-0.15, -0.1) is 0 Å². The summed E-state index contributed by atoms with van der Waals surface area (Å²) in [6, 6.07) is 0. The van der Waals surface area contributed by atoms with E-state index in [0.717, 1.165) is 6.54 Å². The van der Waals surface area contributed by atoms with Crippen LogP contribution in [-0.2, 0) is 4.84 Å². The average molecular weight is 132 g/mol. The van der Waals surface area contributed by atoms with Gasteiger partial charge in [-0.3, -0.25) is 4.84 Å². The molecular weight excluding hydrogens is 118 g/mol. The molecule has 0 aromatic carbocycles. The van der Waals surface area contributed by atoms with Crippen LogP contribution >= 0.6 is 0 Å². The minimum Gasteiger partial charge on any atom is -0.395 e. The maximum Gasteiger partial charge on any atom is 0.0686 e. The molecule has 0 spiro atoms. The first-order valence-corrected chi connectivity index (χ1v) is 3.13. The lowest BCUT2D eigenvalue weighted by atomic mass is 10.6. The van der Waals surface area contributed by atoms with Gasteiger partial charge in [-0.1, -0.05) is 6.92 Å². The number of nitrogens with zero attached hydrogens (tertiary/aromatic N) is 1. The smallest absolute Gasteiger partial charge is 0.0686 e. The van der Waals surface area contributed by atoms with Crippen molar-refractivity contribution < 1.29 is 9.94 Å². The first-order valence-electron chi connectivity index (χ1n) is 3.13. The minimum absolute atomic E-state index is 0.133. The summed E-state index contributed by atoms with van der Waals surface area (Å²) in [5.41, 5.74) is 0. The van der Waals surface area contributed by atoms with E-state index in [1.165, 1.54) is 0 Å². The zero-order valence-electron chi connectivity index (χ0n) is 5.84. The van der Waals surface area contributed by atoms with Crippen LogP contribution in [-0.4, -0.2) is 36.5 Å². The van der Waals surface area contributed by atoms with Crippen molar-refractivity contribution in [2.24, 2.45) is 0 Å². The van der Waals surface area contributed by atoms with Crippen molar-refractivity contribution in [3.8, 4) is 0 Å². The van der Waals surface area contributed by atoms with Gasteiger partial charge in [-0.05, 0) is 6.92 Å². The van der Waals surface area contributed by atoms with Gasteiger partial charge >= 0.3 is 0 Å². The zero-order chi connectivity index (χ0) is 7.11. The Hall–Kier alpha value is -0.120. The molecule has 0 aliphatic carbocycles. The number of aliphatic hydroxyl groups is 1. The maximum atomic E-state index is 8.45. The van der Waals surface area contributed by atoms with Crippen LogP contribution in [0.2, 0.25) is 0 Å². The zero-order valence-corrected chi connectivity index (χ0v) is 5.84. The van der Waals surface area contributed by atoms with Crippen LogP contribution in [0.5, 0.6) is 0 Å². The van der Waals surface area contributed by atoms with Crippen LogP contribution in [0.4, 0.5) is 0 Å². The van der Waals surface area contributed by atoms with E-state index in [4.69, 9.17) is 9.94 Å². The minimum atomic E-state index is 0.133. The predicted molar refractivity (Wildman–Crippen MR) is 35.6 cm³/mol. The van der Waals surface area contributed by atoms with Crippen LogP contribution in [0.1, 0.15) is 6.92 Å². The molecule has 1 N–H and O–H groups in total. The molecule has 0 rings (SSSR count). The van der Waals surface area contributed by atoms with Gasteiger partial charge in [0.05, 0.1) is 13.2 Å². The molecule has 3 heteroatoms. The molecule has 0 unspecified atom stereocenters. The first-order chi connectivity index (χ1) is 4.35. The highest BCUT2D eigenvalue weighted by Gasteiger charge is 1.97. The van der Waals surface area contributed by atoms with Crippen LogP contribution < -0.4 is 0 Å². The van der Waals surface area contributed by atoms with Gasteiger partial charge in [-0.2, -0.15) is 5.06 Å². The fourth-order valence-corrected chi connectivity index (χ4v) is 0.555. The third kappa shape index (κ3) is 4.39. The fourth-order valence-electron chi connectivity index (χ4n) is 0.555. The summed E-state index contributed by atoms with van der Waals surface area (Å²) in [5, 5.41) is 10.1. The summed E-state index contributed by atoms with van der Waals surface area (Å²) < 4.78 is 0. The first kappa shape index (κ1) is 8.88. The van der Waals surface area contributed by atoms with E-state index >= 15 is 0 Å². The quantitative estimate of drug-likeness (QED) is 0.537. The van der Waals surface area contributed by atoms with Crippen molar-refractivity contribution in [2.75, 3.05) is 26.3 Å². The monoisotopic (exact) mass is 132 g/mol. The molecule has 0 saturated carbocycles. The summed E-state index contributed by atoms with van der Waals surface area (Å²) in [4.78, 5) is 4.99. The lowest BCUT2D eigenvalue weighted by Gasteiger charge is -2.16. The van der Waals surface area contributed by atoms with E-state index in [1.54, 1.807) is 5.06 Å². The third-order valence-electron chi connectivity index (χ3n) is 0.976. The SMILES string of the molecule is [CH2]CON(CC)CCO. The second kappa shape index (κ2) is 6.01. The van der Waals surface area contributed by atoms with Gasteiger partial charge in [0.25, 0.3) is 0 Å². The molecule has 55 valence electrons. The molecule has 9 heavy (non-hydrogen) atoms. The van der Waals surface area contributed by atoms with Crippen LogP contribution in [0.25, 0.3) is 0 Å².